The first-order valence-corrected chi connectivity index (χ1v) is 6.37. The fraction of sp³-hybridized carbons (Fsp3) is 0.500. The van der Waals surface area contributed by atoms with Gasteiger partial charge in [0.25, 0.3) is 0 Å². The van der Waals surface area contributed by atoms with Gasteiger partial charge in [-0.1, -0.05) is 6.07 Å². The maximum atomic E-state index is 12.0. The molecule has 2 rings (SSSR count). The quantitative estimate of drug-likeness (QED) is 0.582. The molecule has 0 bridgehead atoms. The predicted octanol–water partition coefficient (Wildman–Crippen LogP) is 2.04. The molecule has 5 heteroatoms. The van der Waals surface area contributed by atoms with E-state index < -0.39 is 0 Å². The van der Waals surface area contributed by atoms with Crippen molar-refractivity contribution in [3.63, 3.8) is 0 Å². The number of hydrogen-bond acceptors (Lipinski definition) is 5. The van der Waals surface area contributed by atoms with Crippen molar-refractivity contribution in [3.8, 4) is 11.5 Å². The lowest BCUT2D eigenvalue weighted by Gasteiger charge is -2.20. The van der Waals surface area contributed by atoms with Crippen LogP contribution in [0.2, 0.25) is 0 Å². The number of methoxy groups -OCH3 is 1. The molecule has 0 aliphatic carbocycles. The Labute approximate surface area is 112 Å². The summed E-state index contributed by atoms with van der Waals surface area (Å²) in [7, 11) is 1.65. The summed E-state index contributed by atoms with van der Waals surface area (Å²) in [6.45, 7) is 2.01. The van der Waals surface area contributed by atoms with E-state index in [0.717, 1.165) is 12.8 Å². The number of fused-ring (bicyclic) bond motifs is 1. The van der Waals surface area contributed by atoms with Gasteiger partial charge in [-0.05, 0) is 25.0 Å². The van der Waals surface area contributed by atoms with E-state index in [9.17, 15) is 4.79 Å². The van der Waals surface area contributed by atoms with Crippen LogP contribution in [0.4, 0.5) is 0 Å². The normalized spacial score (nSPS) is 13.1. The number of esters is 1. The van der Waals surface area contributed by atoms with Crippen molar-refractivity contribution < 1.29 is 23.7 Å². The minimum atomic E-state index is -0.375. The largest absolute Gasteiger partial charge is 0.486 e. The molecule has 1 heterocycles. The molecule has 0 saturated carbocycles. The van der Waals surface area contributed by atoms with Crippen LogP contribution in [0, 0.1) is 0 Å². The van der Waals surface area contributed by atoms with Gasteiger partial charge >= 0.3 is 5.97 Å². The molecule has 0 amide bonds. The first kappa shape index (κ1) is 13.7. The van der Waals surface area contributed by atoms with Gasteiger partial charge in [-0.25, -0.2) is 4.79 Å². The van der Waals surface area contributed by atoms with E-state index in [-0.39, 0.29) is 5.97 Å². The zero-order valence-corrected chi connectivity index (χ0v) is 11.0. The smallest absolute Gasteiger partial charge is 0.342 e. The second-order valence-corrected chi connectivity index (χ2v) is 4.17. The lowest BCUT2D eigenvalue weighted by atomic mass is 10.2. The van der Waals surface area contributed by atoms with E-state index in [1.54, 1.807) is 25.3 Å². The third-order valence-electron chi connectivity index (χ3n) is 2.76. The number of ether oxygens (including phenoxy) is 4. The fourth-order valence-electron chi connectivity index (χ4n) is 1.83. The highest BCUT2D eigenvalue weighted by Gasteiger charge is 2.21. The highest BCUT2D eigenvalue weighted by molar-refractivity contribution is 5.93. The highest BCUT2D eigenvalue weighted by Crippen LogP contribution is 2.33. The van der Waals surface area contributed by atoms with Gasteiger partial charge in [-0.2, -0.15) is 0 Å². The van der Waals surface area contributed by atoms with Crippen LogP contribution in [-0.2, 0) is 9.47 Å². The summed E-state index contributed by atoms with van der Waals surface area (Å²) in [5.41, 5.74) is 0.420. The van der Waals surface area contributed by atoms with Crippen molar-refractivity contribution in [2.24, 2.45) is 0 Å². The molecule has 0 fully saturated rings. The number of para-hydroxylation sites is 1. The van der Waals surface area contributed by atoms with Crippen LogP contribution < -0.4 is 9.47 Å². The van der Waals surface area contributed by atoms with Gasteiger partial charge in [0.2, 0.25) is 0 Å². The number of benzene rings is 1. The molecule has 1 aliphatic rings. The molecule has 19 heavy (non-hydrogen) atoms. The van der Waals surface area contributed by atoms with Gasteiger partial charge in [0.1, 0.15) is 18.8 Å². The second kappa shape index (κ2) is 6.99. The van der Waals surface area contributed by atoms with E-state index in [4.69, 9.17) is 18.9 Å². The molecule has 0 radical (unpaired) electrons. The van der Waals surface area contributed by atoms with E-state index >= 15 is 0 Å². The van der Waals surface area contributed by atoms with Crippen molar-refractivity contribution in [1.82, 2.24) is 0 Å². The Morgan fingerprint density at radius 2 is 2.00 bits per heavy atom. The molecule has 1 aromatic carbocycles. The van der Waals surface area contributed by atoms with Gasteiger partial charge in [0, 0.05) is 13.7 Å². The average Bonchev–Trinajstić information content (AvgIpc) is 2.46. The van der Waals surface area contributed by atoms with Crippen LogP contribution >= 0.6 is 0 Å². The van der Waals surface area contributed by atoms with Crippen LogP contribution in [-0.4, -0.2) is 39.5 Å². The number of carbonyl (C=O) groups excluding carboxylic acids is 1. The van der Waals surface area contributed by atoms with Crippen molar-refractivity contribution >= 4 is 5.97 Å². The molecule has 0 unspecified atom stereocenters. The van der Waals surface area contributed by atoms with E-state index in [1.165, 1.54) is 0 Å². The third kappa shape index (κ3) is 3.61. The van der Waals surface area contributed by atoms with E-state index in [1.807, 2.05) is 0 Å². The maximum absolute atomic E-state index is 12.0. The summed E-state index contributed by atoms with van der Waals surface area (Å²) in [4.78, 5) is 12.0. The molecule has 104 valence electrons. The predicted molar refractivity (Wildman–Crippen MR) is 68.8 cm³/mol. The van der Waals surface area contributed by atoms with Gasteiger partial charge in [0.15, 0.2) is 11.5 Å². The molecule has 5 nitrogen and oxygen atoms in total. The summed E-state index contributed by atoms with van der Waals surface area (Å²) in [6.07, 6.45) is 1.66. The lowest BCUT2D eigenvalue weighted by molar-refractivity contribution is 0.0479. The number of carbonyl (C=O) groups is 1. The Hall–Kier alpha value is -1.75. The number of rotatable bonds is 6. The number of unbranched alkanes of at least 4 members (excludes halogenated alkanes) is 1. The van der Waals surface area contributed by atoms with Crippen LogP contribution in [0.15, 0.2) is 18.2 Å². The van der Waals surface area contributed by atoms with Crippen molar-refractivity contribution in [1.29, 1.82) is 0 Å². The molecule has 1 aromatic rings. The first-order chi connectivity index (χ1) is 9.33. The van der Waals surface area contributed by atoms with Crippen LogP contribution in [0.1, 0.15) is 23.2 Å². The first-order valence-electron chi connectivity index (χ1n) is 6.37. The standard InChI is InChI=1S/C14H18O5/c1-16-7-2-3-8-19-14(15)11-5-4-6-12-13(11)18-10-9-17-12/h4-6H,2-3,7-10H2,1H3. The van der Waals surface area contributed by atoms with Crippen molar-refractivity contribution in [3.05, 3.63) is 23.8 Å². The van der Waals surface area contributed by atoms with Gasteiger partial charge in [0.05, 0.1) is 6.61 Å². The van der Waals surface area contributed by atoms with Gasteiger partial charge in [-0.3, -0.25) is 0 Å². The van der Waals surface area contributed by atoms with E-state index in [2.05, 4.69) is 0 Å². The third-order valence-corrected chi connectivity index (χ3v) is 2.76. The molecular formula is C14H18O5. The Kier molecular flexibility index (Phi) is 5.03. The molecule has 0 aromatic heterocycles. The highest BCUT2D eigenvalue weighted by atomic mass is 16.6. The SMILES string of the molecule is COCCCCOC(=O)c1cccc2c1OCCO2. The minimum Gasteiger partial charge on any atom is -0.486 e. The lowest BCUT2D eigenvalue weighted by Crippen LogP contribution is -2.18. The zero-order chi connectivity index (χ0) is 13.5. The molecular weight excluding hydrogens is 248 g/mol. The Balaban J connectivity index is 1.92. The van der Waals surface area contributed by atoms with Crippen LogP contribution in [0.3, 0.4) is 0 Å². The van der Waals surface area contributed by atoms with Gasteiger partial charge in [-0.15, -0.1) is 0 Å². The summed E-state index contributed by atoms with van der Waals surface area (Å²) in [6, 6.07) is 5.23. The monoisotopic (exact) mass is 266 g/mol. The van der Waals surface area contributed by atoms with Crippen LogP contribution in [0.5, 0.6) is 11.5 Å². The van der Waals surface area contributed by atoms with Crippen molar-refractivity contribution in [2.45, 2.75) is 12.8 Å². The minimum absolute atomic E-state index is 0.375. The van der Waals surface area contributed by atoms with E-state index in [0.29, 0.717) is 43.5 Å². The molecule has 0 saturated heterocycles. The molecule has 1 aliphatic heterocycles. The molecule has 0 spiro atoms. The molecule has 0 atom stereocenters. The second-order valence-electron chi connectivity index (χ2n) is 4.17. The van der Waals surface area contributed by atoms with Crippen LogP contribution in [0.25, 0.3) is 0 Å². The van der Waals surface area contributed by atoms with Gasteiger partial charge < -0.3 is 18.9 Å². The summed E-state index contributed by atoms with van der Waals surface area (Å²) >= 11 is 0. The number of hydrogen-bond donors (Lipinski definition) is 0. The topological polar surface area (TPSA) is 54.0 Å². The summed E-state index contributed by atoms with van der Waals surface area (Å²) in [5.74, 6) is 0.704. The summed E-state index contributed by atoms with van der Waals surface area (Å²) < 4.78 is 21.0. The Morgan fingerprint density at radius 1 is 1.21 bits per heavy atom. The Bertz CT molecular complexity index is 430. The molecule has 0 N–H and O–H groups in total. The zero-order valence-electron chi connectivity index (χ0n) is 11.0. The van der Waals surface area contributed by atoms with Crippen molar-refractivity contribution in [2.75, 3.05) is 33.5 Å². The maximum Gasteiger partial charge on any atom is 0.342 e. The Morgan fingerprint density at radius 3 is 2.84 bits per heavy atom. The summed E-state index contributed by atoms with van der Waals surface area (Å²) in [5, 5.41) is 0. The fourth-order valence-corrected chi connectivity index (χ4v) is 1.83. The average molecular weight is 266 g/mol.